The van der Waals surface area contributed by atoms with E-state index in [1.807, 2.05) is 36.4 Å². The molecule has 0 saturated carbocycles. The van der Waals surface area contributed by atoms with Crippen LogP contribution in [0.3, 0.4) is 0 Å². The van der Waals surface area contributed by atoms with Crippen LogP contribution in [0.1, 0.15) is 57.7 Å². The number of rotatable bonds is 18. The molecular weight excluding hydrogens is 690 g/mol. The van der Waals surface area contributed by atoms with Crippen LogP contribution in [-0.2, 0) is 43.4 Å². The lowest BCUT2D eigenvalue weighted by molar-refractivity contribution is -0.132. The standard InChI is InChI=1S/C39H50F2N4O8/c1-38(2,3)53-37(50)45-32(23-51-21-26-12-8-6-9-13-26)34(47)35(48)43-25-39(4,5)24-42-33(46)20-30(19-28-18-29(40)16-17-31(28)41)44-36(49)52-22-27-14-10-7-11-15-27/h6-18,30,32,34,47H,19-25H2,1-5H3,(H,42,46)(H,43,48)(H,44,49)(H,45,50)/t30-,32-,34+/m1/s1. The summed E-state index contributed by atoms with van der Waals surface area (Å²) in [6.07, 6.45) is -3.87. The predicted octanol–water partition coefficient (Wildman–Crippen LogP) is 4.92. The summed E-state index contributed by atoms with van der Waals surface area (Å²) in [5.74, 6) is -2.66. The minimum absolute atomic E-state index is 0.00912. The summed E-state index contributed by atoms with van der Waals surface area (Å²) in [5, 5.41) is 21.4. The highest BCUT2D eigenvalue weighted by atomic mass is 19.1. The number of nitrogens with one attached hydrogen (secondary N) is 4. The van der Waals surface area contributed by atoms with Gasteiger partial charge in [0.05, 0.1) is 19.3 Å². The van der Waals surface area contributed by atoms with Crippen molar-refractivity contribution in [1.29, 1.82) is 0 Å². The zero-order valence-electron chi connectivity index (χ0n) is 30.7. The molecule has 5 N–H and O–H groups in total. The van der Waals surface area contributed by atoms with Gasteiger partial charge in [0.2, 0.25) is 5.91 Å². The maximum atomic E-state index is 14.5. The molecule has 0 spiro atoms. The highest BCUT2D eigenvalue weighted by molar-refractivity contribution is 5.82. The van der Waals surface area contributed by atoms with Crippen molar-refractivity contribution < 1.29 is 47.3 Å². The van der Waals surface area contributed by atoms with Crippen LogP contribution in [0, 0.1) is 17.0 Å². The van der Waals surface area contributed by atoms with Gasteiger partial charge in [-0.25, -0.2) is 18.4 Å². The van der Waals surface area contributed by atoms with Crippen molar-refractivity contribution in [1.82, 2.24) is 21.3 Å². The number of aliphatic hydroxyl groups excluding tert-OH is 1. The van der Waals surface area contributed by atoms with Crippen LogP contribution in [0.15, 0.2) is 78.9 Å². The van der Waals surface area contributed by atoms with E-state index in [2.05, 4.69) is 21.3 Å². The average molecular weight is 741 g/mol. The summed E-state index contributed by atoms with van der Waals surface area (Å²) in [7, 11) is 0. The largest absolute Gasteiger partial charge is 0.445 e. The Labute approximate surface area is 309 Å². The normalized spacial score (nSPS) is 13.2. The van der Waals surface area contributed by atoms with Gasteiger partial charge in [-0.2, -0.15) is 0 Å². The monoisotopic (exact) mass is 740 g/mol. The Morgan fingerprint density at radius 2 is 1.38 bits per heavy atom. The molecule has 3 aromatic carbocycles. The Bertz CT molecular complexity index is 1640. The molecule has 0 aliphatic carbocycles. The van der Waals surface area contributed by atoms with Crippen LogP contribution >= 0.6 is 0 Å². The van der Waals surface area contributed by atoms with E-state index in [-0.39, 0.29) is 51.3 Å². The zero-order valence-corrected chi connectivity index (χ0v) is 30.7. The van der Waals surface area contributed by atoms with Gasteiger partial charge < -0.3 is 40.6 Å². The molecule has 12 nitrogen and oxygen atoms in total. The molecule has 3 rings (SSSR count). The van der Waals surface area contributed by atoms with Gasteiger partial charge >= 0.3 is 12.2 Å². The smallest absolute Gasteiger partial charge is 0.408 e. The topological polar surface area (TPSA) is 164 Å². The Hall–Kier alpha value is -5.08. The minimum atomic E-state index is -1.71. The van der Waals surface area contributed by atoms with Gasteiger partial charge in [0.1, 0.15) is 23.8 Å². The summed E-state index contributed by atoms with van der Waals surface area (Å²) in [6.45, 7) is 8.58. The summed E-state index contributed by atoms with van der Waals surface area (Å²) in [4.78, 5) is 51.3. The summed E-state index contributed by atoms with van der Waals surface area (Å²) in [6, 6.07) is 19.0. The SMILES string of the molecule is CC(C)(CNC(=O)C[C@@H](Cc1cc(F)ccc1F)NC(=O)OCc1ccccc1)CNC(=O)[C@@H](O)[C@@H](COCc1ccccc1)NC(=O)OC(C)(C)C. The van der Waals surface area contributed by atoms with Crippen LogP contribution in [0.4, 0.5) is 18.4 Å². The Kier molecular flexibility index (Phi) is 16.2. The molecule has 0 bridgehead atoms. The van der Waals surface area contributed by atoms with Gasteiger partial charge in [0.25, 0.3) is 5.91 Å². The Morgan fingerprint density at radius 3 is 2.00 bits per heavy atom. The van der Waals surface area contributed by atoms with Crippen LogP contribution in [0.5, 0.6) is 0 Å². The molecule has 4 amide bonds. The molecule has 0 aromatic heterocycles. The zero-order chi connectivity index (χ0) is 39.0. The van der Waals surface area contributed by atoms with Gasteiger partial charge in [-0.05, 0) is 67.5 Å². The number of benzene rings is 3. The highest BCUT2D eigenvalue weighted by Crippen LogP contribution is 2.16. The Morgan fingerprint density at radius 1 is 0.774 bits per heavy atom. The molecule has 14 heteroatoms. The number of alkyl carbamates (subject to hydrolysis) is 2. The first kappa shape index (κ1) is 42.3. The number of aliphatic hydroxyl groups is 1. The van der Waals surface area contributed by atoms with Crippen LogP contribution < -0.4 is 21.3 Å². The fraction of sp³-hybridized carbons (Fsp3) is 0.436. The maximum Gasteiger partial charge on any atom is 0.408 e. The van der Waals surface area contributed by atoms with E-state index in [9.17, 15) is 33.1 Å². The van der Waals surface area contributed by atoms with Gasteiger partial charge in [-0.3, -0.25) is 9.59 Å². The summed E-state index contributed by atoms with van der Waals surface area (Å²) < 4.78 is 44.7. The van der Waals surface area contributed by atoms with Crippen molar-refractivity contribution in [2.75, 3.05) is 19.7 Å². The number of hydrogen-bond donors (Lipinski definition) is 5. The molecule has 0 fully saturated rings. The van der Waals surface area contributed by atoms with Gasteiger partial charge in [0.15, 0.2) is 6.10 Å². The number of ether oxygens (including phenoxy) is 3. The van der Waals surface area contributed by atoms with Crippen molar-refractivity contribution in [3.05, 3.63) is 107 Å². The first-order valence-corrected chi connectivity index (χ1v) is 17.2. The highest BCUT2D eigenvalue weighted by Gasteiger charge is 2.31. The minimum Gasteiger partial charge on any atom is -0.445 e. The fourth-order valence-electron chi connectivity index (χ4n) is 4.93. The first-order chi connectivity index (χ1) is 25.0. The third kappa shape index (κ3) is 16.4. The summed E-state index contributed by atoms with van der Waals surface area (Å²) in [5.41, 5.74) is 0.00430. The van der Waals surface area contributed by atoms with Crippen molar-refractivity contribution >= 4 is 24.0 Å². The third-order valence-corrected chi connectivity index (χ3v) is 7.71. The van der Waals surface area contributed by atoms with Crippen molar-refractivity contribution in [2.45, 2.75) is 84.5 Å². The van der Waals surface area contributed by atoms with Crippen LogP contribution in [0.25, 0.3) is 0 Å². The molecule has 0 radical (unpaired) electrons. The lowest BCUT2D eigenvalue weighted by atomic mass is 9.93. The van der Waals surface area contributed by atoms with E-state index in [1.165, 1.54) is 0 Å². The molecule has 53 heavy (non-hydrogen) atoms. The lowest BCUT2D eigenvalue weighted by Crippen LogP contribution is -2.55. The Balaban J connectivity index is 1.57. The number of carbonyl (C=O) groups is 4. The molecular formula is C39H50F2N4O8. The lowest BCUT2D eigenvalue weighted by Gasteiger charge is -2.29. The molecule has 288 valence electrons. The fourth-order valence-corrected chi connectivity index (χ4v) is 4.93. The second-order valence-corrected chi connectivity index (χ2v) is 14.4. The molecule has 0 heterocycles. The predicted molar refractivity (Wildman–Crippen MR) is 193 cm³/mol. The van der Waals surface area contributed by atoms with E-state index < -0.39 is 64.8 Å². The molecule has 0 aliphatic rings. The molecule has 3 atom stereocenters. The van der Waals surface area contributed by atoms with Crippen molar-refractivity contribution in [3.8, 4) is 0 Å². The van der Waals surface area contributed by atoms with E-state index in [4.69, 9.17) is 14.2 Å². The molecule has 0 unspecified atom stereocenters. The van der Waals surface area contributed by atoms with E-state index in [0.29, 0.717) is 0 Å². The number of carbonyl (C=O) groups excluding carboxylic acids is 4. The summed E-state index contributed by atoms with van der Waals surface area (Å²) >= 11 is 0. The molecule has 3 aromatic rings. The number of amides is 4. The van der Waals surface area contributed by atoms with Crippen molar-refractivity contribution in [3.63, 3.8) is 0 Å². The van der Waals surface area contributed by atoms with Gasteiger partial charge in [-0.1, -0.05) is 74.5 Å². The second kappa shape index (κ2) is 20.2. The van der Waals surface area contributed by atoms with E-state index in [0.717, 1.165) is 29.3 Å². The van der Waals surface area contributed by atoms with E-state index >= 15 is 0 Å². The first-order valence-electron chi connectivity index (χ1n) is 17.2. The maximum absolute atomic E-state index is 14.5. The van der Waals surface area contributed by atoms with E-state index in [1.54, 1.807) is 58.9 Å². The average Bonchev–Trinajstić information content (AvgIpc) is 3.10. The second-order valence-electron chi connectivity index (χ2n) is 14.4. The number of halogens is 2. The van der Waals surface area contributed by atoms with Crippen LogP contribution in [-0.4, -0.2) is 72.6 Å². The number of hydrogen-bond acceptors (Lipinski definition) is 8. The third-order valence-electron chi connectivity index (χ3n) is 7.71. The quantitative estimate of drug-likeness (QED) is 0.123. The van der Waals surface area contributed by atoms with Gasteiger partial charge in [-0.15, -0.1) is 0 Å². The van der Waals surface area contributed by atoms with Crippen molar-refractivity contribution in [2.24, 2.45) is 5.41 Å². The van der Waals surface area contributed by atoms with Crippen LogP contribution in [0.2, 0.25) is 0 Å². The van der Waals surface area contributed by atoms with Gasteiger partial charge in [0, 0.05) is 25.6 Å². The molecule has 0 saturated heterocycles. The molecule has 0 aliphatic heterocycles.